The number of hydrogen-bond acceptors (Lipinski definition) is 6. The van der Waals surface area contributed by atoms with Crippen LogP contribution >= 0.6 is 15.9 Å². The lowest BCUT2D eigenvalue weighted by Gasteiger charge is -2.26. The number of carbonyl (C=O) groups excluding carboxylic acids is 4. The highest BCUT2D eigenvalue weighted by molar-refractivity contribution is 9.10. The molecule has 4 amide bonds. The second-order valence-corrected chi connectivity index (χ2v) is 7.37. The van der Waals surface area contributed by atoms with Gasteiger partial charge in [-0.05, 0) is 70.9 Å². The maximum atomic E-state index is 13.0. The van der Waals surface area contributed by atoms with E-state index in [1.54, 1.807) is 31.2 Å². The van der Waals surface area contributed by atoms with Crippen molar-refractivity contribution in [3.63, 3.8) is 0 Å². The Hall–Kier alpha value is -3.72. The zero-order valence-electron chi connectivity index (χ0n) is 17.1. The number of hydrogen-bond donors (Lipinski definition) is 1. The molecule has 1 heterocycles. The Balaban J connectivity index is 1.89. The van der Waals surface area contributed by atoms with Gasteiger partial charge in [0.1, 0.15) is 17.9 Å². The zero-order valence-corrected chi connectivity index (χ0v) is 18.7. The highest BCUT2D eigenvalue weighted by atomic mass is 79.9. The maximum absolute atomic E-state index is 13.0. The van der Waals surface area contributed by atoms with Crippen LogP contribution < -0.4 is 15.0 Å². The Morgan fingerprint density at radius 3 is 2.50 bits per heavy atom. The maximum Gasteiger partial charge on any atom is 0.338 e. The average molecular weight is 499 g/mol. The molecule has 1 fully saturated rings. The second-order valence-electron chi connectivity index (χ2n) is 6.51. The third kappa shape index (κ3) is 4.94. The van der Waals surface area contributed by atoms with Gasteiger partial charge in [-0.3, -0.25) is 14.9 Å². The highest BCUT2D eigenvalue weighted by Gasteiger charge is 2.36. The number of nitrogens with one attached hydrogen (secondary N) is 1. The molecule has 2 aromatic rings. The fraction of sp³-hybridized carbons (Fsp3) is 0.130. The van der Waals surface area contributed by atoms with Crippen LogP contribution in [0.5, 0.6) is 5.75 Å². The molecule has 0 saturated carbocycles. The van der Waals surface area contributed by atoms with E-state index >= 15 is 0 Å². The van der Waals surface area contributed by atoms with E-state index in [1.807, 2.05) is 0 Å². The smallest absolute Gasteiger partial charge is 0.338 e. The summed E-state index contributed by atoms with van der Waals surface area (Å²) in [4.78, 5) is 50.4. The van der Waals surface area contributed by atoms with Crippen molar-refractivity contribution in [2.24, 2.45) is 0 Å². The fourth-order valence-electron chi connectivity index (χ4n) is 2.89. The van der Waals surface area contributed by atoms with Crippen LogP contribution in [0.1, 0.15) is 22.8 Å². The number of imide groups is 2. The number of halogens is 1. The van der Waals surface area contributed by atoms with Crippen molar-refractivity contribution >= 4 is 51.5 Å². The van der Waals surface area contributed by atoms with Crippen LogP contribution in [0.3, 0.4) is 0 Å². The van der Waals surface area contributed by atoms with Crippen LogP contribution in [0.2, 0.25) is 0 Å². The second kappa shape index (κ2) is 10.1. The lowest BCUT2D eigenvalue weighted by molar-refractivity contribution is -0.122. The topological polar surface area (TPSA) is 102 Å². The van der Waals surface area contributed by atoms with Gasteiger partial charge in [-0.1, -0.05) is 18.7 Å². The summed E-state index contributed by atoms with van der Waals surface area (Å²) in [5.41, 5.74) is 0.809. The van der Waals surface area contributed by atoms with Crippen molar-refractivity contribution in [1.82, 2.24) is 5.32 Å². The first kappa shape index (κ1) is 23.0. The van der Waals surface area contributed by atoms with Crippen molar-refractivity contribution in [3.8, 4) is 5.75 Å². The number of nitrogens with zero attached hydrogens (tertiary/aromatic N) is 1. The molecule has 0 spiro atoms. The molecular formula is C23H19BrN2O6. The summed E-state index contributed by atoms with van der Waals surface area (Å²) >= 11 is 3.38. The first-order valence-corrected chi connectivity index (χ1v) is 10.4. The zero-order chi connectivity index (χ0) is 23.3. The predicted molar refractivity (Wildman–Crippen MR) is 121 cm³/mol. The molecule has 2 aromatic carbocycles. The molecule has 0 aliphatic carbocycles. The lowest BCUT2D eigenvalue weighted by atomic mass is 10.1. The molecule has 1 N–H and O–H groups in total. The minimum atomic E-state index is -0.879. The van der Waals surface area contributed by atoms with Gasteiger partial charge in [0.15, 0.2) is 0 Å². The Bertz CT molecular complexity index is 1120. The number of urea groups is 1. The van der Waals surface area contributed by atoms with E-state index in [2.05, 4.69) is 27.8 Å². The number of barbiturate groups is 1. The summed E-state index contributed by atoms with van der Waals surface area (Å²) in [7, 11) is 0. The van der Waals surface area contributed by atoms with Gasteiger partial charge >= 0.3 is 12.0 Å². The Morgan fingerprint density at radius 1 is 1.16 bits per heavy atom. The van der Waals surface area contributed by atoms with Crippen LogP contribution in [0.4, 0.5) is 10.5 Å². The molecule has 0 bridgehead atoms. The van der Waals surface area contributed by atoms with Crippen molar-refractivity contribution in [2.75, 3.05) is 18.1 Å². The van der Waals surface area contributed by atoms with E-state index in [0.717, 1.165) is 4.90 Å². The van der Waals surface area contributed by atoms with Gasteiger partial charge in [0.05, 0.1) is 22.3 Å². The summed E-state index contributed by atoms with van der Waals surface area (Å²) < 4.78 is 11.0. The average Bonchev–Trinajstić information content (AvgIpc) is 2.76. The summed E-state index contributed by atoms with van der Waals surface area (Å²) in [6.07, 6.45) is 2.99. The standard InChI is InChI=1S/C23H19BrN2O6/c1-3-11-32-19-10-5-14(13-18(19)24)12-17-20(27)25-23(30)26(21(17)28)16-8-6-15(7-9-16)22(29)31-4-2/h3,5-10,12-13H,1,4,11H2,2H3,(H,25,27,30)/b17-12+. The molecule has 0 unspecified atom stereocenters. The van der Waals surface area contributed by atoms with E-state index in [9.17, 15) is 19.2 Å². The van der Waals surface area contributed by atoms with Crippen molar-refractivity contribution in [3.05, 3.63) is 76.3 Å². The summed E-state index contributed by atoms with van der Waals surface area (Å²) in [5.74, 6) is -1.53. The van der Waals surface area contributed by atoms with Gasteiger partial charge in [0.2, 0.25) is 0 Å². The van der Waals surface area contributed by atoms with Gasteiger partial charge in [0, 0.05) is 0 Å². The summed E-state index contributed by atoms with van der Waals surface area (Å²) in [6.45, 7) is 5.83. The van der Waals surface area contributed by atoms with Crippen LogP contribution in [0.15, 0.2) is 65.2 Å². The fourth-order valence-corrected chi connectivity index (χ4v) is 3.40. The van der Waals surface area contributed by atoms with Crippen LogP contribution in [0, 0.1) is 0 Å². The molecule has 0 atom stereocenters. The minimum absolute atomic E-state index is 0.202. The quantitative estimate of drug-likeness (QED) is 0.269. The molecule has 1 saturated heterocycles. The van der Waals surface area contributed by atoms with Crippen LogP contribution in [0.25, 0.3) is 6.08 Å². The third-order valence-electron chi connectivity index (χ3n) is 4.36. The Labute approximate surface area is 192 Å². The first-order valence-electron chi connectivity index (χ1n) is 9.57. The Kier molecular flexibility index (Phi) is 7.21. The monoisotopic (exact) mass is 498 g/mol. The number of benzene rings is 2. The van der Waals surface area contributed by atoms with Gasteiger partial charge in [-0.25, -0.2) is 14.5 Å². The van der Waals surface area contributed by atoms with Crippen LogP contribution in [-0.2, 0) is 14.3 Å². The molecule has 8 nitrogen and oxygen atoms in total. The lowest BCUT2D eigenvalue weighted by Crippen LogP contribution is -2.54. The number of carbonyl (C=O) groups is 4. The van der Waals surface area contributed by atoms with E-state index in [-0.39, 0.29) is 23.4 Å². The molecule has 32 heavy (non-hydrogen) atoms. The number of anilines is 1. The van der Waals surface area contributed by atoms with Gasteiger partial charge in [0.25, 0.3) is 11.8 Å². The van der Waals surface area contributed by atoms with E-state index in [4.69, 9.17) is 9.47 Å². The highest BCUT2D eigenvalue weighted by Crippen LogP contribution is 2.28. The van der Waals surface area contributed by atoms with Crippen molar-refractivity contribution < 1.29 is 28.7 Å². The van der Waals surface area contributed by atoms with Crippen molar-refractivity contribution in [2.45, 2.75) is 6.92 Å². The third-order valence-corrected chi connectivity index (χ3v) is 4.98. The number of esters is 1. The molecule has 1 aliphatic heterocycles. The van der Waals surface area contributed by atoms with Crippen LogP contribution in [-0.4, -0.2) is 37.0 Å². The number of rotatable bonds is 7. The molecule has 1 aliphatic rings. The SMILES string of the molecule is C=CCOc1ccc(/C=C2\C(=O)NC(=O)N(c3ccc(C(=O)OCC)cc3)C2=O)cc1Br. The van der Waals surface area contributed by atoms with Gasteiger partial charge in [-0.2, -0.15) is 0 Å². The van der Waals surface area contributed by atoms with E-state index < -0.39 is 23.8 Å². The van der Waals surface area contributed by atoms with Crippen molar-refractivity contribution in [1.29, 1.82) is 0 Å². The molecule has 164 valence electrons. The first-order chi connectivity index (χ1) is 15.3. The van der Waals surface area contributed by atoms with E-state index in [0.29, 0.717) is 22.4 Å². The van der Waals surface area contributed by atoms with Gasteiger partial charge < -0.3 is 9.47 Å². The molecule has 0 aromatic heterocycles. The largest absolute Gasteiger partial charge is 0.488 e. The Morgan fingerprint density at radius 2 is 1.88 bits per heavy atom. The van der Waals surface area contributed by atoms with E-state index in [1.165, 1.54) is 30.3 Å². The minimum Gasteiger partial charge on any atom is -0.488 e. The number of amides is 4. The molecule has 3 rings (SSSR count). The van der Waals surface area contributed by atoms with Gasteiger partial charge in [-0.15, -0.1) is 0 Å². The molecule has 0 radical (unpaired) electrons. The normalized spacial score (nSPS) is 14.9. The summed E-state index contributed by atoms with van der Waals surface area (Å²) in [6, 6.07) is 9.89. The molecule has 9 heteroatoms. The summed E-state index contributed by atoms with van der Waals surface area (Å²) in [5, 5.41) is 2.16. The number of ether oxygens (including phenoxy) is 2. The predicted octanol–water partition coefficient (Wildman–Crippen LogP) is 3.86. The molecular weight excluding hydrogens is 480 g/mol.